The molecule has 0 aliphatic rings. The maximum atomic E-state index is 12.5. The van der Waals surface area contributed by atoms with Gasteiger partial charge in [-0.25, -0.2) is 4.52 Å². The molecule has 0 radical (unpaired) electrons. The Morgan fingerprint density at radius 2 is 2.05 bits per heavy atom. The number of nitrogens with two attached hydrogens (primary N) is 1. The van der Waals surface area contributed by atoms with Crippen molar-refractivity contribution in [3.63, 3.8) is 0 Å². The van der Waals surface area contributed by atoms with E-state index in [2.05, 4.69) is 71.5 Å². The normalized spacial score (nSPS) is 14.1. The van der Waals surface area contributed by atoms with Gasteiger partial charge in [0.2, 0.25) is 5.91 Å². The standard InChI is InChI=1S/C29H42N8O/c1-9-20(4)21(5)26(14-24(10-2)35-29(38)12-13-36(8)11-3)34-22(6)25-17-33-37-19-27(32-18-28(25)37)23(15-30)16-31-7/h10,14-20,34H,2,6,9,11-13,30H2,1,3-5,7-8H3,(H,35,38)/b23-15+,24-14+,26-21+,31-16?. The van der Waals surface area contributed by atoms with E-state index in [1.54, 1.807) is 42.4 Å². The van der Waals surface area contributed by atoms with Crippen molar-refractivity contribution in [2.24, 2.45) is 16.6 Å². The van der Waals surface area contributed by atoms with E-state index in [9.17, 15) is 4.79 Å². The number of allylic oxidation sites excluding steroid dienone is 4. The predicted octanol–water partition coefficient (Wildman–Crippen LogP) is 4.14. The molecule has 2 aromatic rings. The van der Waals surface area contributed by atoms with E-state index in [4.69, 9.17) is 5.73 Å². The topological polar surface area (TPSA) is 113 Å². The Morgan fingerprint density at radius 3 is 2.66 bits per heavy atom. The van der Waals surface area contributed by atoms with Gasteiger partial charge in [-0.2, -0.15) is 5.10 Å². The van der Waals surface area contributed by atoms with Gasteiger partial charge in [0.25, 0.3) is 0 Å². The summed E-state index contributed by atoms with van der Waals surface area (Å²) in [7, 11) is 3.67. The van der Waals surface area contributed by atoms with Crippen molar-refractivity contribution in [3.8, 4) is 0 Å². The third kappa shape index (κ3) is 8.01. The minimum atomic E-state index is -0.0562. The van der Waals surface area contributed by atoms with E-state index in [0.29, 0.717) is 41.5 Å². The van der Waals surface area contributed by atoms with Crippen LogP contribution in [0.3, 0.4) is 0 Å². The summed E-state index contributed by atoms with van der Waals surface area (Å²) in [4.78, 5) is 23.2. The first-order valence-corrected chi connectivity index (χ1v) is 12.9. The maximum absolute atomic E-state index is 12.5. The van der Waals surface area contributed by atoms with Crippen molar-refractivity contribution >= 4 is 28.9 Å². The molecular formula is C29H42N8O. The van der Waals surface area contributed by atoms with Crippen LogP contribution in [0.5, 0.6) is 0 Å². The lowest BCUT2D eigenvalue weighted by Crippen LogP contribution is -2.28. The first-order chi connectivity index (χ1) is 18.2. The first kappa shape index (κ1) is 30.2. The Balaban J connectivity index is 2.37. The summed E-state index contributed by atoms with van der Waals surface area (Å²) >= 11 is 0. The summed E-state index contributed by atoms with van der Waals surface area (Å²) in [6, 6.07) is 0. The number of nitrogens with one attached hydrogen (secondary N) is 2. The number of hydrogen-bond acceptors (Lipinski definition) is 7. The molecule has 2 heterocycles. The molecule has 1 amide bonds. The number of carbonyl (C=O) groups excluding carboxylic acids is 1. The van der Waals surface area contributed by atoms with E-state index in [1.807, 2.05) is 13.1 Å². The number of carbonyl (C=O) groups is 1. The van der Waals surface area contributed by atoms with E-state index in [0.717, 1.165) is 35.3 Å². The Labute approximate surface area is 226 Å². The molecule has 204 valence electrons. The zero-order valence-electron chi connectivity index (χ0n) is 23.6. The molecule has 0 aliphatic heterocycles. The summed E-state index contributed by atoms with van der Waals surface area (Å²) in [6.07, 6.45) is 13.3. The lowest BCUT2D eigenvalue weighted by Gasteiger charge is -2.19. The van der Waals surface area contributed by atoms with Gasteiger partial charge in [0, 0.05) is 60.7 Å². The average Bonchev–Trinajstić information content (AvgIpc) is 3.36. The molecular weight excluding hydrogens is 476 g/mol. The van der Waals surface area contributed by atoms with Gasteiger partial charge in [0.05, 0.1) is 29.8 Å². The number of fused-ring (bicyclic) bond motifs is 1. The van der Waals surface area contributed by atoms with Crippen molar-refractivity contribution in [1.82, 2.24) is 30.1 Å². The monoisotopic (exact) mass is 518 g/mol. The summed E-state index contributed by atoms with van der Waals surface area (Å²) in [6.45, 7) is 18.2. The molecule has 0 fully saturated rings. The molecule has 0 saturated heterocycles. The highest BCUT2D eigenvalue weighted by atomic mass is 16.1. The molecule has 9 nitrogen and oxygen atoms in total. The molecule has 0 saturated carbocycles. The van der Waals surface area contributed by atoms with Crippen LogP contribution in [-0.4, -0.2) is 58.8 Å². The van der Waals surface area contributed by atoms with Crippen molar-refractivity contribution in [2.75, 3.05) is 27.2 Å². The molecule has 1 atom stereocenters. The fourth-order valence-corrected chi connectivity index (χ4v) is 3.62. The predicted molar refractivity (Wildman–Crippen MR) is 158 cm³/mol. The van der Waals surface area contributed by atoms with Gasteiger partial charge in [-0.3, -0.25) is 14.8 Å². The quantitative estimate of drug-likeness (QED) is 0.256. The SMILES string of the molecule is C=C/C(=C\C(NC(=C)c1cnn2cc(/C(C=NC)=C/N)ncc12)=C(\C)C(C)CC)NC(=O)CCN(C)CC. The van der Waals surface area contributed by atoms with E-state index in [-0.39, 0.29) is 5.91 Å². The molecule has 38 heavy (non-hydrogen) atoms. The molecule has 0 aromatic carbocycles. The third-order valence-corrected chi connectivity index (χ3v) is 6.60. The van der Waals surface area contributed by atoms with Gasteiger partial charge < -0.3 is 21.3 Å². The van der Waals surface area contributed by atoms with Crippen LogP contribution < -0.4 is 16.4 Å². The second-order valence-corrected chi connectivity index (χ2v) is 9.18. The minimum Gasteiger partial charge on any atom is -0.404 e. The van der Waals surface area contributed by atoms with Crippen molar-refractivity contribution < 1.29 is 4.79 Å². The third-order valence-electron chi connectivity index (χ3n) is 6.60. The Bertz CT molecular complexity index is 1260. The van der Waals surface area contributed by atoms with E-state index in [1.165, 1.54) is 6.20 Å². The summed E-state index contributed by atoms with van der Waals surface area (Å²) in [5.74, 6) is 0.260. The number of rotatable bonds is 14. The van der Waals surface area contributed by atoms with Gasteiger partial charge in [-0.1, -0.05) is 33.9 Å². The fourth-order valence-electron chi connectivity index (χ4n) is 3.62. The maximum Gasteiger partial charge on any atom is 0.225 e. The molecule has 4 N–H and O–H groups in total. The van der Waals surface area contributed by atoms with E-state index >= 15 is 0 Å². The van der Waals surface area contributed by atoms with Crippen molar-refractivity contribution in [1.29, 1.82) is 0 Å². The van der Waals surface area contributed by atoms with Crippen LogP contribution in [0.15, 0.2) is 72.1 Å². The fraction of sp³-hybridized carbons (Fsp3) is 0.379. The summed E-state index contributed by atoms with van der Waals surface area (Å²) in [5, 5.41) is 10.9. The highest BCUT2D eigenvalue weighted by Crippen LogP contribution is 2.23. The van der Waals surface area contributed by atoms with Crippen LogP contribution in [0, 0.1) is 5.92 Å². The Kier molecular flexibility index (Phi) is 11.7. The molecule has 1 unspecified atom stereocenters. The Hall–Kier alpha value is -3.98. The van der Waals surface area contributed by atoms with E-state index < -0.39 is 0 Å². The highest BCUT2D eigenvalue weighted by Gasteiger charge is 2.14. The largest absolute Gasteiger partial charge is 0.404 e. The number of aliphatic imine (C=N–C) groups is 1. The molecule has 9 heteroatoms. The van der Waals surface area contributed by atoms with Gasteiger partial charge in [0.15, 0.2) is 0 Å². The summed E-state index contributed by atoms with van der Waals surface area (Å²) < 4.78 is 1.74. The van der Waals surface area contributed by atoms with Crippen LogP contribution in [0.25, 0.3) is 16.8 Å². The zero-order chi connectivity index (χ0) is 28.2. The lowest BCUT2D eigenvalue weighted by atomic mass is 9.97. The lowest BCUT2D eigenvalue weighted by molar-refractivity contribution is -0.120. The zero-order valence-corrected chi connectivity index (χ0v) is 23.6. The van der Waals surface area contributed by atoms with Crippen LogP contribution >= 0.6 is 0 Å². The molecule has 2 aromatic heterocycles. The number of hydrogen-bond donors (Lipinski definition) is 3. The van der Waals surface area contributed by atoms with Gasteiger partial charge >= 0.3 is 0 Å². The van der Waals surface area contributed by atoms with Gasteiger partial charge in [0.1, 0.15) is 0 Å². The van der Waals surface area contributed by atoms with Crippen LogP contribution in [0.4, 0.5) is 0 Å². The molecule has 2 rings (SSSR count). The van der Waals surface area contributed by atoms with Crippen LogP contribution in [0.1, 0.15) is 51.8 Å². The second-order valence-electron chi connectivity index (χ2n) is 9.18. The highest BCUT2D eigenvalue weighted by molar-refractivity contribution is 6.08. The Morgan fingerprint density at radius 1 is 1.32 bits per heavy atom. The molecule has 0 bridgehead atoms. The number of aromatic nitrogens is 3. The number of amides is 1. The second kappa shape index (κ2) is 14.7. The first-order valence-electron chi connectivity index (χ1n) is 12.9. The minimum absolute atomic E-state index is 0.0562. The van der Waals surface area contributed by atoms with Crippen LogP contribution in [-0.2, 0) is 4.79 Å². The van der Waals surface area contributed by atoms with Gasteiger partial charge in [-0.05, 0) is 50.6 Å². The molecule has 0 spiro atoms. The smallest absolute Gasteiger partial charge is 0.225 e. The van der Waals surface area contributed by atoms with Crippen molar-refractivity contribution in [2.45, 2.75) is 40.5 Å². The van der Waals surface area contributed by atoms with Gasteiger partial charge in [-0.15, -0.1) is 0 Å². The number of nitrogens with zero attached hydrogens (tertiary/aromatic N) is 5. The average molecular weight is 519 g/mol. The van der Waals surface area contributed by atoms with Crippen molar-refractivity contribution in [3.05, 3.63) is 78.3 Å². The molecule has 0 aliphatic carbocycles. The summed E-state index contributed by atoms with van der Waals surface area (Å²) in [5.41, 5.74) is 12.0. The van der Waals surface area contributed by atoms with Crippen LogP contribution in [0.2, 0.25) is 0 Å².